The summed E-state index contributed by atoms with van der Waals surface area (Å²) in [5, 5.41) is 11.6. The molecule has 0 bridgehead atoms. The largest absolute Gasteiger partial charge is 0.450 e. The molecular weight excluding hydrogens is 519 g/mol. The van der Waals surface area contributed by atoms with E-state index in [0.29, 0.717) is 26.2 Å². The lowest BCUT2D eigenvalue weighted by Crippen LogP contribution is -2.49. The third-order valence-corrected chi connectivity index (χ3v) is 5.72. The summed E-state index contributed by atoms with van der Waals surface area (Å²) >= 11 is 0. The van der Waals surface area contributed by atoms with Crippen LogP contribution in [0.25, 0.3) is 0 Å². The highest BCUT2D eigenvalue weighted by Gasteiger charge is 2.24. The number of benzene rings is 1. The van der Waals surface area contributed by atoms with Gasteiger partial charge in [-0.15, -0.1) is 24.0 Å². The van der Waals surface area contributed by atoms with Crippen LogP contribution in [-0.2, 0) is 17.8 Å². The van der Waals surface area contributed by atoms with Crippen molar-refractivity contribution in [2.24, 2.45) is 4.99 Å². The number of aromatic nitrogens is 2. The summed E-state index contributed by atoms with van der Waals surface area (Å²) in [5.41, 5.74) is 4.61. The predicted octanol–water partition coefficient (Wildman–Crippen LogP) is 3.45. The van der Waals surface area contributed by atoms with Crippen molar-refractivity contribution in [3.05, 3.63) is 52.8 Å². The van der Waals surface area contributed by atoms with Gasteiger partial charge in [0.1, 0.15) is 0 Å². The van der Waals surface area contributed by atoms with E-state index in [4.69, 9.17) is 9.84 Å². The number of piperidine rings is 1. The Kier molecular flexibility index (Phi) is 10.3. The first-order valence-corrected chi connectivity index (χ1v) is 11.0. The number of likely N-dealkylation sites (tertiary alicyclic amines) is 1. The molecule has 1 saturated heterocycles. The summed E-state index contributed by atoms with van der Waals surface area (Å²) in [5.74, 6) is 0.768. The number of carbonyl (C=O) groups excluding carboxylic acids is 1. The molecule has 2 heterocycles. The van der Waals surface area contributed by atoms with Crippen LogP contribution in [0.5, 0.6) is 0 Å². The summed E-state index contributed by atoms with van der Waals surface area (Å²) in [6.45, 7) is 9.21. The van der Waals surface area contributed by atoms with Crippen molar-refractivity contribution in [2.45, 2.75) is 52.7 Å². The maximum atomic E-state index is 11.9. The molecule has 176 valence electrons. The number of hydrogen-bond donors (Lipinski definition) is 2. The van der Waals surface area contributed by atoms with Gasteiger partial charge in [-0.1, -0.05) is 30.3 Å². The number of aryl methyl sites for hydroxylation is 1. The third-order valence-electron chi connectivity index (χ3n) is 5.72. The molecule has 1 aromatic heterocycles. The summed E-state index contributed by atoms with van der Waals surface area (Å²) < 4.78 is 7.15. The minimum atomic E-state index is -0.220. The smallest absolute Gasteiger partial charge is 0.409 e. The zero-order chi connectivity index (χ0) is 22.2. The van der Waals surface area contributed by atoms with E-state index in [1.807, 2.05) is 19.9 Å². The molecule has 0 spiro atoms. The quantitative estimate of drug-likeness (QED) is 0.325. The number of guanidine groups is 1. The zero-order valence-corrected chi connectivity index (χ0v) is 21.8. The molecule has 0 saturated carbocycles. The van der Waals surface area contributed by atoms with E-state index in [9.17, 15) is 4.79 Å². The van der Waals surface area contributed by atoms with Gasteiger partial charge < -0.3 is 20.3 Å². The Morgan fingerprint density at radius 2 is 1.91 bits per heavy atom. The van der Waals surface area contributed by atoms with Crippen LogP contribution >= 0.6 is 24.0 Å². The number of hydrogen-bond acceptors (Lipinski definition) is 4. The first kappa shape index (κ1) is 26.0. The first-order valence-electron chi connectivity index (χ1n) is 11.0. The van der Waals surface area contributed by atoms with Crippen LogP contribution < -0.4 is 10.6 Å². The van der Waals surface area contributed by atoms with Crippen molar-refractivity contribution in [2.75, 3.05) is 26.7 Å². The Balaban J connectivity index is 0.00000363. The molecule has 0 aliphatic carbocycles. The molecule has 1 aliphatic heterocycles. The molecule has 2 aromatic rings. The fraction of sp³-hybridized carbons (Fsp3) is 0.522. The number of amides is 1. The lowest BCUT2D eigenvalue weighted by molar-refractivity contribution is 0.0963. The maximum Gasteiger partial charge on any atom is 0.409 e. The Hall–Kier alpha value is -2.30. The van der Waals surface area contributed by atoms with Gasteiger partial charge >= 0.3 is 6.09 Å². The molecule has 0 unspecified atom stereocenters. The molecule has 1 fully saturated rings. The Labute approximate surface area is 207 Å². The standard InChI is InChI=1S/C23H34N6O2.HI/c1-5-31-23(30)28-13-11-20(12-14-28)26-22(24-4)25-15-21-17(2)27-29(18(21)3)16-19-9-7-6-8-10-19;/h6-10,20H,5,11-16H2,1-4H3,(H2,24,25,26);1H. The Bertz CT molecular complexity index is 891. The second kappa shape index (κ2) is 12.7. The van der Waals surface area contributed by atoms with Crippen molar-refractivity contribution in [1.29, 1.82) is 0 Å². The van der Waals surface area contributed by atoms with Crippen LogP contribution in [0.4, 0.5) is 4.79 Å². The van der Waals surface area contributed by atoms with Gasteiger partial charge in [-0.25, -0.2) is 4.79 Å². The van der Waals surface area contributed by atoms with E-state index < -0.39 is 0 Å². The van der Waals surface area contributed by atoms with Gasteiger partial charge in [-0.05, 0) is 39.2 Å². The van der Waals surface area contributed by atoms with Crippen LogP contribution in [-0.4, -0.2) is 59.5 Å². The van der Waals surface area contributed by atoms with Crippen LogP contribution in [0.3, 0.4) is 0 Å². The minimum Gasteiger partial charge on any atom is -0.450 e. The van der Waals surface area contributed by atoms with Gasteiger partial charge in [0.15, 0.2) is 5.96 Å². The number of halogens is 1. The van der Waals surface area contributed by atoms with E-state index in [2.05, 4.69) is 51.5 Å². The van der Waals surface area contributed by atoms with Gasteiger partial charge in [0.25, 0.3) is 0 Å². The van der Waals surface area contributed by atoms with Gasteiger partial charge in [0.2, 0.25) is 0 Å². The van der Waals surface area contributed by atoms with Crippen molar-refractivity contribution >= 4 is 36.0 Å². The molecule has 1 amide bonds. The molecule has 32 heavy (non-hydrogen) atoms. The SMILES string of the molecule is CCOC(=O)N1CCC(NC(=NC)NCc2c(C)nn(Cc3ccccc3)c2C)CC1.I. The van der Waals surface area contributed by atoms with E-state index in [0.717, 1.165) is 36.7 Å². The first-order chi connectivity index (χ1) is 15.0. The fourth-order valence-electron chi connectivity index (χ4n) is 3.88. The second-order valence-corrected chi connectivity index (χ2v) is 7.82. The Morgan fingerprint density at radius 1 is 1.22 bits per heavy atom. The monoisotopic (exact) mass is 554 g/mol. The molecule has 2 N–H and O–H groups in total. The number of nitrogens with one attached hydrogen (secondary N) is 2. The van der Waals surface area contributed by atoms with Crippen molar-refractivity contribution in [1.82, 2.24) is 25.3 Å². The molecule has 8 nitrogen and oxygen atoms in total. The summed E-state index contributed by atoms with van der Waals surface area (Å²) in [4.78, 5) is 18.0. The van der Waals surface area contributed by atoms with Gasteiger partial charge in [0.05, 0.1) is 18.8 Å². The number of rotatable bonds is 6. The number of carbonyl (C=O) groups is 1. The van der Waals surface area contributed by atoms with E-state index >= 15 is 0 Å². The van der Waals surface area contributed by atoms with Crippen molar-refractivity contribution in [3.8, 4) is 0 Å². The highest BCUT2D eigenvalue weighted by Crippen LogP contribution is 2.15. The number of ether oxygens (including phenoxy) is 1. The molecule has 1 aromatic carbocycles. The molecular formula is C23H35IN6O2. The molecule has 9 heteroatoms. The molecule has 1 aliphatic rings. The van der Waals surface area contributed by atoms with Crippen LogP contribution in [0, 0.1) is 13.8 Å². The highest BCUT2D eigenvalue weighted by molar-refractivity contribution is 14.0. The number of nitrogens with zero attached hydrogens (tertiary/aromatic N) is 4. The van der Waals surface area contributed by atoms with Gasteiger partial charge in [-0.3, -0.25) is 9.67 Å². The van der Waals surface area contributed by atoms with Gasteiger partial charge in [0, 0.05) is 44.0 Å². The van der Waals surface area contributed by atoms with Crippen molar-refractivity contribution < 1.29 is 9.53 Å². The summed E-state index contributed by atoms with van der Waals surface area (Å²) in [7, 11) is 1.78. The topological polar surface area (TPSA) is 83.8 Å². The van der Waals surface area contributed by atoms with Crippen LogP contribution in [0.15, 0.2) is 35.3 Å². The average molecular weight is 554 g/mol. The van der Waals surface area contributed by atoms with Crippen LogP contribution in [0.1, 0.15) is 42.3 Å². The lowest BCUT2D eigenvalue weighted by Gasteiger charge is -2.32. The number of aliphatic imine (C=N–C) groups is 1. The zero-order valence-electron chi connectivity index (χ0n) is 19.4. The van der Waals surface area contributed by atoms with Crippen LogP contribution in [0.2, 0.25) is 0 Å². The van der Waals surface area contributed by atoms with Gasteiger partial charge in [-0.2, -0.15) is 5.10 Å². The van der Waals surface area contributed by atoms with Crippen molar-refractivity contribution in [3.63, 3.8) is 0 Å². The average Bonchev–Trinajstić information content (AvgIpc) is 3.04. The molecule has 0 radical (unpaired) electrons. The lowest BCUT2D eigenvalue weighted by atomic mass is 10.1. The molecule has 3 rings (SSSR count). The summed E-state index contributed by atoms with van der Waals surface area (Å²) in [6, 6.07) is 10.6. The van der Waals surface area contributed by atoms with E-state index in [1.165, 1.54) is 11.1 Å². The normalized spacial score (nSPS) is 14.6. The van der Waals surface area contributed by atoms with E-state index in [1.54, 1.807) is 11.9 Å². The highest BCUT2D eigenvalue weighted by atomic mass is 127. The summed E-state index contributed by atoms with van der Waals surface area (Å²) in [6.07, 6.45) is 1.51. The Morgan fingerprint density at radius 3 is 2.53 bits per heavy atom. The van der Waals surface area contributed by atoms with E-state index in [-0.39, 0.29) is 36.1 Å². The molecule has 0 atom stereocenters. The third kappa shape index (κ3) is 6.85. The predicted molar refractivity (Wildman–Crippen MR) is 138 cm³/mol. The minimum absolute atomic E-state index is 0. The second-order valence-electron chi connectivity index (χ2n) is 7.82. The maximum absolute atomic E-state index is 11.9. The fourth-order valence-corrected chi connectivity index (χ4v) is 3.88.